The lowest BCUT2D eigenvalue weighted by Crippen LogP contribution is -2.40. The summed E-state index contributed by atoms with van der Waals surface area (Å²) in [6.45, 7) is 7.97. The Morgan fingerprint density at radius 2 is 1.92 bits per heavy atom. The molecule has 0 aliphatic rings. The highest BCUT2D eigenvalue weighted by molar-refractivity contribution is 6.32. The molecule has 0 heterocycles. The summed E-state index contributed by atoms with van der Waals surface area (Å²) >= 11 is 6.26. The van der Waals surface area contributed by atoms with Crippen LogP contribution < -0.4 is 14.8 Å². The van der Waals surface area contributed by atoms with E-state index >= 15 is 0 Å². The van der Waals surface area contributed by atoms with Gasteiger partial charge in [0, 0.05) is 11.6 Å². The fourth-order valence-corrected chi connectivity index (χ4v) is 2.31. The molecule has 1 aromatic rings. The van der Waals surface area contributed by atoms with Gasteiger partial charge in [-0.2, -0.15) is 0 Å². The maximum atomic E-state index is 12.4. The van der Waals surface area contributed by atoms with Crippen molar-refractivity contribution in [2.45, 2.75) is 46.6 Å². The van der Waals surface area contributed by atoms with E-state index in [-0.39, 0.29) is 5.02 Å². The van der Waals surface area contributed by atoms with Crippen molar-refractivity contribution >= 4 is 23.5 Å². The molecular formula is C18H26ClNO5. The molecule has 1 aromatic carbocycles. The van der Waals surface area contributed by atoms with Crippen molar-refractivity contribution in [3.05, 3.63) is 22.7 Å². The van der Waals surface area contributed by atoms with Gasteiger partial charge < -0.3 is 19.9 Å². The van der Waals surface area contributed by atoms with Crippen LogP contribution in [0.2, 0.25) is 5.02 Å². The number of unbranched alkanes of at least 4 members (excludes halogenated alkanes) is 1. The Labute approximate surface area is 153 Å². The van der Waals surface area contributed by atoms with Crippen molar-refractivity contribution in [1.82, 2.24) is 5.32 Å². The van der Waals surface area contributed by atoms with Crippen LogP contribution in [0.1, 0.15) is 50.9 Å². The van der Waals surface area contributed by atoms with Gasteiger partial charge in [-0.25, -0.2) is 0 Å². The number of amides is 1. The van der Waals surface area contributed by atoms with Crippen molar-refractivity contribution in [3.8, 4) is 11.5 Å². The molecule has 0 saturated carbocycles. The highest BCUT2D eigenvalue weighted by Crippen LogP contribution is 2.37. The van der Waals surface area contributed by atoms with Crippen LogP contribution in [0.15, 0.2) is 12.1 Å². The van der Waals surface area contributed by atoms with Gasteiger partial charge in [0.2, 0.25) is 0 Å². The number of halogens is 1. The summed E-state index contributed by atoms with van der Waals surface area (Å²) in [7, 11) is 0. The fraction of sp³-hybridized carbons (Fsp3) is 0.556. The van der Waals surface area contributed by atoms with Crippen LogP contribution in [-0.2, 0) is 4.79 Å². The number of carboxylic acids is 1. The third kappa shape index (κ3) is 6.12. The molecular weight excluding hydrogens is 346 g/mol. The molecule has 0 spiro atoms. The predicted molar refractivity (Wildman–Crippen MR) is 96.8 cm³/mol. The van der Waals surface area contributed by atoms with Gasteiger partial charge in [-0.05, 0) is 39.3 Å². The minimum Gasteiger partial charge on any atom is -0.490 e. The van der Waals surface area contributed by atoms with Crippen LogP contribution in [0.25, 0.3) is 0 Å². The van der Waals surface area contributed by atoms with Gasteiger partial charge in [0.05, 0.1) is 24.2 Å². The summed E-state index contributed by atoms with van der Waals surface area (Å²) in [5, 5.41) is 12.0. The van der Waals surface area contributed by atoms with E-state index < -0.39 is 23.8 Å². The maximum absolute atomic E-state index is 12.4. The minimum absolute atomic E-state index is 0.283. The molecule has 0 aliphatic carbocycles. The van der Waals surface area contributed by atoms with E-state index in [1.165, 1.54) is 13.0 Å². The Morgan fingerprint density at radius 1 is 1.24 bits per heavy atom. The van der Waals surface area contributed by atoms with Gasteiger partial charge in [-0.15, -0.1) is 0 Å². The highest BCUT2D eigenvalue weighted by Gasteiger charge is 2.23. The smallest absolute Gasteiger partial charge is 0.308 e. The summed E-state index contributed by atoms with van der Waals surface area (Å²) in [6.07, 6.45) is 1.87. The molecule has 140 valence electrons. The molecule has 0 aliphatic heterocycles. The van der Waals surface area contributed by atoms with Crippen molar-refractivity contribution < 1.29 is 24.2 Å². The number of hydrogen-bond donors (Lipinski definition) is 2. The van der Waals surface area contributed by atoms with E-state index in [1.54, 1.807) is 13.0 Å². The second-order valence-corrected chi connectivity index (χ2v) is 6.22. The average molecular weight is 372 g/mol. The molecule has 0 bridgehead atoms. The van der Waals surface area contributed by atoms with Crippen molar-refractivity contribution in [2.75, 3.05) is 13.2 Å². The summed E-state index contributed by atoms with van der Waals surface area (Å²) < 4.78 is 11.2. The van der Waals surface area contributed by atoms with Crippen molar-refractivity contribution in [3.63, 3.8) is 0 Å². The molecule has 2 atom stereocenters. The summed E-state index contributed by atoms with van der Waals surface area (Å²) in [4.78, 5) is 23.4. The second-order valence-electron chi connectivity index (χ2n) is 5.81. The molecule has 2 N–H and O–H groups in total. The van der Waals surface area contributed by atoms with E-state index in [1.807, 2.05) is 6.92 Å². The van der Waals surface area contributed by atoms with E-state index in [9.17, 15) is 9.59 Å². The maximum Gasteiger partial charge on any atom is 0.308 e. The molecule has 1 rings (SSSR count). The van der Waals surface area contributed by atoms with Gasteiger partial charge in [0.1, 0.15) is 0 Å². The van der Waals surface area contributed by atoms with E-state index in [2.05, 4.69) is 12.2 Å². The number of carboxylic acid groups (broad SMARTS) is 1. The lowest BCUT2D eigenvalue weighted by Gasteiger charge is -2.19. The van der Waals surface area contributed by atoms with Crippen LogP contribution in [0.4, 0.5) is 0 Å². The molecule has 0 saturated heterocycles. The number of rotatable bonds is 10. The third-order valence-corrected chi connectivity index (χ3v) is 4.09. The lowest BCUT2D eigenvalue weighted by molar-refractivity contribution is -0.141. The first-order valence-electron chi connectivity index (χ1n) is 8.44. The summed E-state index contributed by atoms with van der Waals surface area (Å²) in [5.41, 5.74) is 0.292. The topological polar surface area (TPSA) is 84.9 Å². The lowest BCUT2D eigenvalue weighted by atomic mass is 10.0. The number of carbonyl (C=O) groups excluding carboxylic acids is 1. The number of carbonyl (C=O) groups is 2. The third-order valence-electron chi connectivity index (χ3n) is 3.81. The first-order chi connectivity index (χ1) is 11.8. The molecule has 0 aromatic heterocycles. The molecule has 0 fully saturated rings. The Morgan fingerprint density at radius 3 is 2.48 bits per heavy atom. The number of hydrogen-bond acceptors (Lipinski definition) is 4. The fourth-order valence-electron chi connectivity index (χ4n) is 2.05. The summed E-state index contributed by atoms with van der Waals surface area (Å²) in [6, 6.07) is 2.53. The van der Waals surface area contributed by atoms with Crippen LogP contribution >= 0.6 is 11.6 Å². The first kappa shape index (κ1) is 21.1. The number of benzene rings is 1. The Balaban J connectivity index is 3.00. The van der Waals surface area contributed by atoms with Crippen LogP contribution in [0.5, 0.6) is 11.5 Å². The van der Waals surface area contributed by atoms with Crippen LogP contribution in [-0.4, -0.2) is 36.2 Å². The molecule has 2 unspecified atom stereocenters. The Bertz CT molecular complexity index is 605. The molecule has 1 amide bonds. The number of ether oxygens (including phenoxy) is 2. The van der Waals surface area contributed by atoms with Crippen molar-refractivity contribution in [1.29, 1.82) is 0 Å². The monoisotopic (exact) mass is 371 g/mol. The zero-order chi connectivity index (χ0) is 19.0. The number of aliphatic carboxylic acids is 1. The zero-order valence-electron chi connectivity index (χ0n) is 15.1. The van der Waals surface area contributed by atoms with E-state index in [0.717, 1.165) is 12.8 Å². The van der Waals surface area contributed by atoms with Gasteiger partial charge in [-0.3, -0.25) is 9.59 Å². The Hall–Kier alpha value is -1.95. The average Bonchev–Trinajstić information content (AvgIpc) is 2.56. The quantitative estimate of drug-likeness (QED) is 0.612. The van der Waals surface area contributed by atoms with Gasteiger partial charge in [0.25, 0.3) is 5.91 Å². The van der Waals surface area contributed by atoms with Gasteiger partial charge in [0.15, 0.2) is 11.5 Å². The first-order valence-corrected chi connectivity index (χ1v) is 8.82. The SMILES string of the molecule is CCCCOc1c(Cl)cc(C(=O)NC(C)C(C)C(=O)O)cc1OCC. The Kier molecular flexibility index (Phi) is 8.55. The zero-order valence-corrected chi connectivity index (χ0v) is 15.9. The normalized spacial score (nSPS) is 13.0. The van der Waals surface area contributed by atoms with Crippen LogP contribution in [0, 0.1) is 5.92 Å². The summed E-state index contributed by atoms with van der Waals surface area (Å²) in [5.74, 6) is -1.28. The largest absolute Gasteiger partial charge is 0.490 e. The van der Waals surface area contributed by atoms with Gasteiger partial charge >= 0.3 is 5.97 Å². The minimum atomic E-state index is -0.972. The van der Waals surface area contributed by atoms with E-state index in [4.69, 9.17) is 26.2 Å². The second kappa shape index (κ2) is 10.1. The molecule has 6 nitrogen and oxygen atoms in total. The molecule has 7 heteroatoms. The highest BCUT2D eigenvalue weighted by atomic mass is 35.5. The molecule has 25 heavy (non-hydrogen) atoms. The van der Waals surface area contributed by atoms with Crippen molar-refractivity contribution in [2.24, 2.45) is 5.92 Å². The van der Waals surface area contributed by atoms with Gasteiger partial charge in [-0.1, -0.05) is 24.9 Å². The molecule has 0 radical (unpaired) electrons. The van der Waals surface area contributed by atoms with Crippen LogP contribution in [0.3, 0.4) is 0 Å². The standard InChI is InChI=1S/C18H26ClNO5/c1-5-7-8-25-16-14(19)9-13(10-15(16)24-6-2)17(21)20-12(4)11(3)18(22)23/h9-12H,5-8H2,1-4H3,(H,20,21)(H,22,23). The predicted octanol–water partition coefficient (Wildman–Crippen LogP) is 3.76. The van der Waals surface area contributed by atoms with E-state index in [0.29, 0.717) is 30.3 Å². The number of nitrogens with one attached hydrogen (secondary N) is 1.